The van der Waals surface area contributed by atoms with Crippen molar-refractivity contribution in [2.45, 2.75) is 9.11 Å². The van der Waals surface area contributed by atoms with E-state index in [1.54, 1.807) is 0 Å². The average Bonchev–Trinajstić information content (AvgIpc) is 3.30. The Labute approximate surface area is 351 Å². The Morgan fingerprint density at radius 3 is 0.614 bits per heavy atom. The van der Waals surface area contributed by atoms with Crippen LogP contribution >= 0.6 is 31.7 Å². The first-order valence-electron chi connectivity index (χ1n) is 19.1. The molecule has 0 saturated heterocycles. The number of hydrogen-bond acceptors (Lipinski definition) is 0. The summed E-state index contributed by atoms with van der Waals surface area (Å²) in [6.07, 6.45) is 5.53. The molecular formula is C52H44CuP4. The minimum absolute atomic E-state index is 0.169. The van der Waals surface area contributed by atoms with Gasteiger partial charge < -0.3 is 0 Å². The van der Waals surface area contributed by atoms with Gasteiger partial charge in [0.2, 0.25) is 0 Å². The van der Waals surface area contributed by atoms with Crippen molar-refractivity contribution in [2.75, 3.05) is 0 Å². The molecule has 2 radical (unpaired) electrons. The van der Waals surface area contributed by atoms with E-state index in [2.05, 4.69) is 270 Å². The van der Waals surface area contributed by atoms with Crippen molar-refractivity contribution >= 4 is 74.1 Å². The van der Waals surface area contributed by atoms with Gasteiger partial charge in [-0.2, -0.15) is 0 Å². The van der Waals surface area contributed by atoms with Crippen molar-refractivity contribution in [3.8, 4) is 0 Å². The predicted octanol–water partition coefficient (Wildman–Crippen LogP) is 10.6. The Kier molecular flexibility index (Phi) is 14.4. The van der Waals surface area contributed by atoms with E-state index in [1.807, 2.05) is 0 Å². The second-order valence-corrected chi connectivity index (χ2v) is 24.2. The fraction of sp³-hybridized carbons (Fsp3) is 0.0385. The summed E-state index contributed by atoms with van der Waals surface area (Å²) in [6, 6.07) is 90.1. The van der Waals surface area contributed by atoms with E-state index in [4.69, 9.17) is 0 Å². The molecular weight excluding hydrogens is 812 g/mol. The van der Waals surface area contributed by atoms with Crippen LogP contribution in [0.3, 0.4) is 0 Å². The van der Waals surface area contributed by atoms with E-state index in [9.17, 15) is 0 Å². The van der Waals surface area contributed by atoms with Crippen LogP contribution in [0.15, 0.2) is 243 Å². The van der Waals surface area contributed by atoms with Crippen LogP contribution < -0.4 is 42.4 Å². The van der Waals surface area contributed by atoms with Gasteiger partial charge in [0.05, 0.1) is 0 Å². The molecule has 283 valence electrons. The molecule has 0 aliphatic carbocycles. The molecule has 0 aromatic heterocycles. The third kappa shape index (κ3) is 10.4. The Bertz CT molecular complexity index is 2010. The molecule has 0 aliphatic heterocycles. The van der Waals surface area contributed by atoms with Gasteiger partial charge >= 0.3 is 353 Å². The molecule has 0 fully saturated rings. The fourth-order valence-electron chi connectivity index (χ4n) is 6.78. The van der Waals surface area contributed by atoms with Gasteiger partial charge in [-0.3, -0.25) is 0 Å². The van der Waals surface area contributed by atoms with Gasteiger partial charge in [0.1, 0.15) is 0 Å². The molecule has 0 heterocycles. The SMILES string of the molecule is [CH]([CH]([Cu][CH]([CH]P(c1ccccc1)c1ccccc1)P(c1ccccc1)c1ccccc1)P(c1ccccc1)c1ccccc1)P(c1ccccc1)c1ccccc1. The molecule has 8 rings (SSSR count). The normalized spacial score (nSPS) is 12.6. The first-order chi connectivity index (χ1) is 28.3. The fourth-order valence-corrected chi connectivity index (χ4v) is 21.5. The zero-order valence-corrected chi connectivity index (χ0v) is 36.0. The second kappa shape index (κ2) is 20.6. The van der Waals surface area contributed by atoms with E-state index in [0.29, 0.717) is 0 Å². The quantitative estimate of drug-likeness (QED) is 0.0671. The van der Waals surface area contributed by atoms with E-state index >= 15 is 0 Å². The zero-order valence-electron chi connectivity index (χ0n) is 31.5. The molecule has 2 unspecified atom stereocenters. The molecule has 8 aromatic carbocycles. The van der Waals surface area contributed by atoms with Crippen molar-refractivity contribution in [3.63, 3.8) is 0 Å². The number of benzene rings is 8. The molecule has 0 N–H and O–H groups in total. The van der Waals surface area contributed by atoms with Gasteiger partial charge in [-0.05, 0) is 0 Å². The summed E-state index contributed by atoms with van der Waals surface area (Å²) in [6.45, 7) is 0. The van der Waals surface area contributed by atoms with E-state index < -0.39 is 31.7 Å². The summed E-state index contributed by atoms with van der Waals surface area (Å²) in [5.41, 5.74) is 0. The number of hydrogen-bond donors (Lipinski definition) is 0. The van der Waals surface area contributed by atoms with Gasteiger partial charge in [-0.15, -0.1) is 0 Å². The average molecular weight is 856 g/mol. The zero-order chi connectivity index (χ0) is 38.5. The molecule has 0 saturated carbocycles. The van der Waals surface area contributed by atoms with E-state index in [1.165, 1.54) is 42.4 Å². The van der Waals surface area contributed by atoms with Crippen LogP contribution in [0.5, 0.6) is 0 Å². The standard InChI is InChI=1S/2C26H22P2.Cu/c2*1-5-13-23(14-6-1)27(24-15-7-2-8-16-24)21-22-28(25-17-9-3-10-18-25)26-19-11-4-12-20-26;/h2*1-22H;. The van der Waals surface area contributed by atoms with Crippen molar-refractivity contribution in [1.82, 2.24) is 0 Å². The van der Waals surface area contributed by atoms with Crippen LogP contribution in [0.25, 0.3) is 0 Å². The van der Waals surface area contributed by atoms with Crippen LogP contribution in [0.2, 0.25) is 0 Å². The first-order valence-corrected chi connectivity index (χ1v) is 25.9. The Balaban J connectivity index is 1.34. The second-order valence-electron chi connectivity index (χ2n) is 13.2. The molecule has 8 aromatic rings. The minimum atomic E-state index is -0.840. The van der Waals surface area contributed by atoms with Crippen LogP contribution in [0.1, 0.15) is 0 Å². The molecule has 0 aliphatic rings. The Morgan fingerprint density at radius 1 is 0.246 bits per heavy atom. The summed E-state index contributed by atoms with van der Waals surface area (Å²) >= 11 is 2.35. The van der Waals surface area contributed by atoms with Crippen molar-refractivity contribution in [2.24, 2.45) is 0 Å². The molecule has 0 spiro atoms. The third-order valence-electron chi connectivity index (χ3n) is 9.46. The maximum atomic E-state index is 2.77. The molecule has 2 atom stereocenters. The van der Waals surface area contributed by atoms with Crippen molar-refractivity contribution in [1.29, 1.82) is 0 Å². The molecule has 5 heteroatoms. The topological polar surface area (TPSA) is 0 Å². The summed E-state index contributed by atoms with van der Waals surface area (Å²) in [7, 11) is -3.29. The Hall–Kier alpha value is -4.00. The molecule has 0 amide bonds. The summed E-state index contributed by atoms with van der Waals surface area (Å²) in [5, 5.41) is 11.1. The van der Waals surface area contributed by atoms with E-state index in [-0.39, 0.29) is 9.11 Å². The van der Waals surface area contributed by atoms with Crippen LogP contribution in [0, 0.1) is 12.3 Å². The maximum absolute atomic E-state index is 2.77. The van der Waals surface area contributed by atoms with Crippen LogP contribution in [-0.4, -0.2) is 9.11 Å². The number of rotatable bonds is 16. The van der Waals surface area contributed by atoms with Crippen LogP contribution in [0.4, 0.5) is 0 Å². The van der Waals surface area contributed by atoms with Gasteiger partial charge in [-0.25, -0.2) is 0 Å². The van der Waals surface area contributed by atoms with Crippen LogP contribution in [-0.2, 0) is 15.0 Å². The van der Waals surface area contributed by atoms with Gasteiger partial charge in [0.15, 0.2) is 0 Å². The predicted molar refractivity (Wildman–Crippen MR) is 252 cm³/mol. The van der Waals surface area contributed by atoms with Gasteiger partial charge in [-0.1, -0.05) is 0 Å². The van der Waals surface area contributed by atoms with Gasteiger partial charge in [0.25, 0.3) is 0 Å². The van der Waals surface area contributed by atoms with E-state index in [0.717, 1.165) is 0 Å². The molecule has 0 nitrogen and oxygen atoms in total. The van der Waals surface area contributed by atoms with Gasteiger partial charge in [0, 0.05) is 0 Å². The van der Waals surface area contributed by atoms with Crippen molar-refractivity contribution in [3.05, 3.63) is 255 Å². The Morgan fingerprint density at radius 2 is 0.421 bits per heavy atom. The molecule has 57 heavy (non-hydrogen) atoms. The summed E-state index contributed by atoms with van der Waals surface area (Å²) < 4.78 is 0.337. The van der Waals surface area contributed by atoms with Crippen molar-refractivity contribution < 1.29 is 15.0 Å². The molecule has 0 bridgehead atoms. The first kappa shape index (κ1) is 39.8. The summed E-state index contributed by atoms with van der Waals surface area (Å²) in [5.74, 6) is 0. The summed E-state index contributed by atoms with van der Waals surface area (Å²) in [4.78, 5) is 0. The third-order valence-corrected chi connectivity index (χ3v) is 22.7. The monoisotopic (exact) mass is 855 g/mol.